The van der Waals surface area contributed by atoms with Gasteiger partial charge in [0.2, 0.25) is 0 Å². The molecule has 0 unspecified atom stereocenters. The number of H-pyrrole nitrogens is 1. The first kappa shape index (κ1) is 18.9. The van der Waals surface area contributed by atoms with Crippen molar-refractivity contribution in [2.75, 3.05) is 11.9 Å². The number of benzene rings is 2. The van der Waals surface area contributed by atoms with Crippen molar-refractivity contribution in [3.63, 3.8) is 0 Å². The highest BCUT2D eigenvalue weighted by atomic mass is 16.5. The van der Waals surface area contributed by atoms with Crippen molar-refractivity contribution in [2.45, 2.75) is 32.3 Å². The van der Waals surface area contributed by atoms with Crippen LogP contribution in [0, 0.1) is 0 Å². The predicted molar refractivity (Wildman–Crippen MR) is 107 cm³/mol. The van der Waals surface area contributed by atoms with Gasteiger partial charge < -0.3 is 10.1 Å². The fourth-order valence-electron chi connectivity index (χ4n) is 2.75. The molecule has 0 aliphatic heterocycles. The highest BCUT2D eigenvalue weighted by molar-refractivity contribution is 5.90. The molecule has 1 heterocycles. The number of nitrogens with zero attached hydrogens (tertiary/aromatic N) is 1. The van der Waals surface area contributed by atoms with Gasteiger partial charge in [-0.15, -0.1) is 0 Å². The van der Waals surface area contributed by atoms with Gasteiger partial charge in [-0.2, -0.15) is 5.10 Å². The van der Waals surface area contributed by atoms with Crippen LogP contribution in [0.3, 0.4) is 0 Å². The number of anilines is 1. The molecule has 1 amide bonds. The van der Waals surface area contributed by atoms with Gasteiger partial charge in [-0.3, -0.25) is 9.89 Å². The lowest BCUT2D eigenvalue weighted by Crippen LogP contribution is -2.21. The van der Waals surface area contributed by atoms with E-state index >= 15 is 0 Å². The Morgan fingerprint density at radius 2 is 1.59 bits per heavy atom. The number of ether oxygens (including phenoxy) is 1. The predicted octanol–water partition coefficient (Wildman–Crippen LogP) is 4.45. The summed E-state index contributed by atoms with van der Waals surface area (Å²) in [5, 5.41) is 9.90. The summed E-state index contributed by atoms with van der Waals surface area (Å²) in [4.78, 5) is 12.3. The Balaban J connectivity index is 1.67. The van der Waals surface area contributed by atoms with Crippen molar-refractivity contribution in [1.82, 2.24) is 10.2 Å². The molecule has 0 saturated heterocycles. The molecule has 0 bridgehead atoms. The molecular weight excluding hydrogens is 338 g/mol. The number of nitrogens with one attached hydrogen (secondary N) is 2. The van der Waals surface area contributed by atoms with Gasteiger partial charge in [-0.25, -0.2) is 0 Å². The Kier molecular flexibility index (Phi) is 5.72. The molecule has 0 saturated carbocycles. The molecular formula is C22H25N3O2. The third-order valence-electron chi connectivity index (χ3n) is 4.24. The van der Waals surface area contributed by atoms with Crippen LogP contribution < -0.4 is 5.32 Å². The SMILES string of the molecule is CC(C)(C)c1cc(NC(=O)COC(c2ccccc2)c2ccccc2)n[nH]1. The average Bonchev–Trinajstić information content (AvgIpc) is 3.12. The first-order valence-corrected chi connectivity index (χ1v) is 9.01. The smallest absolute Gasteiger partial charge is 0.251 e. The van der Waals surface area contributed by atoms with Gasteiger partial charge in [0.1, 0.15) is 12.7 Å². The van der Waals surface area contributed by atoms with Crippen LogP contribution in [-0.4, -0.2) is 22.7 Å². The number of carbonyl (C=O) groups is 1. The number of rotatable bonds is 6. The van der Waals surface area contributed by atoms with Crippen LogP contribution in [0.15, 0.2) is 66.7 Å². The second-order valence-electron chi connectivity index (χ2n) is 7.48. The van der Waals surface area contributed by atoms with E-state index in [2.05, 4.69) is 36.3 Å². The van der Waals surface area contributed by atoms with Gasteiger partial charge in [0, 0.05) is 17.2 Å². The molecule has 0 aliphatic rings. The summed E-state index contributed by atoms with van der Waals surface area (Å²) in [7, 11) is 0. The zero-order valence-corrected chi connectivity index (χ0v) is 15.9. The molecule has 0 spiro atoms. The van der Waals surface area contributed by atoms with E-state index in [-0.39, 0.29) is 24.0 Å². The van der Waals surface area contributed by atoms with Crippen molar-refractivity contribution in [3.05, 3.63) is 83.6 Å². The van der Waals surface area contributed by atoms with E-state index in [9.17, 15) is 4.79 Å². The number of hydrogen-bond donors (Lipinski definition) is 2. The molecule has 2 N–H and O–H groups in total. The van der Waals surface area contributed by atoms with Crippen LogP contribution in [-0.2, 0) is 14.9 Å². The molecule has 3 rings (SSSR count). The Morgan fingerprint density at radius 3 is 2.07 bits per heavy atom. The van der Waals surface area contributed by atoms with E-state index in [0.717, 1.165) is 16.8 Å². The highest BCUT2D eigenvalue weighted by Crippen LogP contribution is 2.26. The summed E-state index contributed by atoms with van der Waals surface area (Å²) in [6, 6.07) is 21.6. The molecule has 5 nitrogen and oxygen atoms in total. The number of aromatic nitrogens is 2. The van der Waals surface area contributed by atoms with Crippen LogP contribution in [0.25, 0.3) is 0 Å². The average molecular weight is 363 g/mol. The summed E-state index contributed by atoms with van der Waals surface area (Å²) >= 11 is 0. The van der Waals surface area contributed by atoms with Crippen LogP contribution in [0.4, 0.5) is 5.82 Å². The lowest BCUT2D eigenvalue weighted by atomic mass is 9.92. The summed E-state index contributed by atoms with van der Waals surface area (Å²) in [6.07, 6.45) is -0.303. The van der Waals surface area contributed by atoms with E-state index in [0.29, 0.717) is 5.82 Å². The lowest BCUT2D eigenvalue weighted by molar-refractivity contribution is -0.121. The second kappa shape index (κ2) is 8.18. The van der Waals surface area contributed by atoms with Crippen molar-refractivity contribution >= 4 is 11.7 Å². The maximum Gasteiger partial charge on any atom is 0.251 e. The number of hydrogen-bond acceptors (Lipinski definition) is 3. The Labute approximate surface area is 159 Å². The van der Waals surface area contributed by atoms with Gasteiger partial charge in [-0.05, 0) is 11.1 Å². The fraction of sp³-hybridized carbons (Fsp3) is 0.273. The number of carbonyl (C=O) groups excluding carboxylic acids is 1. The second-order valence-corrected chi connectivity index (χ2v) is 7.48. The molecule has 1 aromatic heterocycles. The van der Waals surface area contributed by atoms with Gasteiger partial charge in [0.05, 0.1) is 0 Å². The zero-order valence-electron chi connectivity index (χ0n) is 15.9. The molecule has 0 radical (unpaired) electrons. The van der Waals surface area contributed by atoms with E-state index < -0.39 is 0 Å². The molecule has 0 atom stereocenters. The van der Waals surface area contributed by atoms with E-state index in [1.54, 1.807) is 0 Å². The lowest BCUT2D eigenvalue weighted by Gasteiger charge is -2.18. The Bertz CT molecular complexity index is 828. The monoisotopic (exact) mass is 363 g/mol. The first-order chi connectivity index (χ1) is 12.9. The summed E-state index contributed by atoms with van der Waals surface area (Å²) in [5.74, 6) is 0.267. The van der Waals surface area contributed by atoms with Crippen LogP contribution in [0.5, 0.6) is 0 Å². The normalized spacial score (nSPS) is 11.6. The molecule has 0 fully saturated rings. The molecule has 2 aromatic carbocycles. The van der Waals surface area contributed by atoms with E-state index in [1.165, 1.54) is 0 Å². The Hall–Kier alpha value is -2.92. The topological polar surface area (TPSA) is 67.0 Å². The van der Waals surface area contributed by atoms with Gasteiger partial charge in [-0.1, -0.05) is 81.4 Å². The van der Waals surface area contributed by atoms with Gasteiger partial charge in [0.25, 0.3) is 5.91 Å². The summed E-state index contributed by atoms with van der Waals surface area (Å²) < 4.78 is 5.97. The largest absolute Gasteiger partial charge is 0.359 e. The number of amides is 1. The van der Waals surface area contributed by atoms with Gasteiger partial charge in [0.15, 0.2) is 5.82 Å². The van der Waals surface area contributed by atoms with Crippen LogP contribution in [0.1, 0.15) is 43.7 Å². The van der Waals surface area contributed by atoms with Crippen LogP contribution in [0.2, 0.25) is 0 Å². The quantitative estimate of drug-likeness (QED) is 0.680. The van der Waals surface area contributed by atoms with Gasteiger partial charge >= 0.3 is 0 Å². The molecule has 27 heavy (non-hydrogen) atoms. The number of aromatic amines is 1. The van der Waals surface area contributed by atoms with Crippen molar-refractivity contribution in [1.29, 1.82) is 0 Å². The Morgan fingerprint density at radius 1 is 1.04 bits per heavy atom. The van der Waals surface area contributed by atoms with Crippen molar-refractivity contribution < 1.29 is 9.53 Å². The summed E-state index contributed by atoms with van der Waals surface area (Å²) in [6.45, 7) is 6.19. The zero-order chi connectivity index (χ0) is 19.3. The standard InChI is InChI=1S/C22H25N3O2/c1-22(2,3)18-14-19(25-24-18)23-20(26)15-27-21(16-10-6-4-7-11-16)17-12-8-5-9-13-17/h4-14,21H,15H2,1-3H3,(H2,23,24,25,26). The van der Waals surface area contributed by atoms with E-state index in [4.69, 9.17) is 4.74 Å². The highest BCUT2D eigenvalue weighted by Gasteiger charge is 2.19. The molecule has 140 valence electrons. The maximum absolute atomic E-state index is 12.3. The first-order valence-electron chi connectivity index (χ1n) is 9.01. The van der Waals surface area contributed by atoms with E-state index in [1.807, 2.05) is 66.7 Å². The van der Waals surface area contributed by atoms with Crippen molar-refractivity contribution in [3.8, 4) is 0 Å². The molecule has 5 heteroatoms. The molecule has 3 aromatic rings. The van der Waals surface area contributed by atoms with Crippen LogP contribution >= 0.6 is 0 Å². The summed E-state index contributed by atoms with van der Waals surface area (Å²) in [5.41, 5.74) is 2.92. The fourth-order valence-corrected chi connectivity index (χ4v) is 2.75. The molecule has 0 aliphatic carbocycles. The van der Waals surface area contributed by atoms with Crippen molar-refractivity contribution in [2.24, 2.45) is 0 Å². The third-order valence-corrected chi connectivity index (χ3v) is 4.24. The minimum atomic E-state index is -0.303. The maximum atomic E-state index is 12.3. The third kappa shape index (κ3) is 5.05. The minimum Gasteiger partial charge on any atom is -0.359 e. The minimum absolute atomic E-state index is 0.0573.